The highest BCUT2D eigenvalue weighted by Crippen LogP contribution is 2.54. The number of ether oxygens (including phenoxy) is 6. The molecule has 0 aliphatic carbocycles. The van der Waals surface area contributed by atoms with E-state index in [0.717, 1.165) is 68.2 Å². The van der Waals surface area contributed by atoms with Crippen molar-refractivity contribution in [3.8, 4) is 55.4 Å². The van der Waals surface area contributed by atoms with Crippen LogP contribution in [0.5, 0.6) is 34.5 Å². The van der Waals surface area contributed by atoms with Crippen LogP contribution >= 0.6 is 22.7 Å². The molecule has 0 fully saturated rings. The first kappa shape index (κ1) is 46.5. The van der Waals surface area contributed by atoms with Crippen LogP contribution in [0, 0.1) is 0 Å². The third kappa shape index (κ3) is 16.1. The lowest BCUT2D eigenvalue weighted by Gasteiger charge is -2.21. The summed E-state index contributed by atoms with van der Waals surface area (Å²) in [5.74, 6) is 4.96. The minimum Gasteiger partial charge on any atom is -0.493 e. The Labute approximate surface area is 361 Å². The van der Waals surface area contributed by atoms with Gasteiger partial charge in [0.05, 0.1) is 23.0 Å². The number of rotatable bonds is 34. The molecule has 0 radical (unpaired) electrons. The summed E-state index contributed by atoms with van der Waals surface area (Å²) in [4.78, 5) is 2.07. The predicted molar refractivity (Wildman–Crippen MR) is 247 cm³/mol. The molecule has 0 bridgehead atoms. The Morgan fingerprint density at radius 1 is 0.397 bits per heavy atom. The molecule has 0 atom stereocenters. The highest BCUT2D eigenvalue weighted by molar-refractivity contribution is 7.14. The number of hydrogen-bond acceptors (Lipinski definition) is 8. The normalized spacial score (nSPS) is 13.3. The van der Waals surface area contributed by atoms with E-state index in [9.17, 15) is 0 Å². The van der Waals surface area contributed by atoms with Gasteiger partial charge in [0, 0.05) is 21.9 Å². The lowest BCUT2D eigenvalue weighted by atomic mass is 10.0. The summed E-state index contributed by atoms with van der Waals surface area (Å²) in [6, 6.07) is 4.36. The van der Waals surface area contributed by atoms with Gasteiger partial charge in [0.15, 0.2) is 23.0 Å². The molecule has 3 aromatic rings. The van der Waals surface area contributed by atoms with Gasteiger partial charge in [-0.2, -0.15) is 0 Å². The van der Waals surface area contributed by atoms with E-state index < -0.39 is 0 Å². The molecule has 0 saturated carbocycles. The van der Waals surface area contributed by atoms with Crippen molar-refractivity contribution in [3.63, 3.8) is 0 Å². The second-order valence-electron chi connectivity index (χ2n) is 16.6. The SMILES string of the molecule is CCCCCCCCCCCCCCCCOc1cc(-c2scc3c2OCCO3)c(OCCCCCCCCCCCCCCCC)cc1-c1scc2c1OCCO2. The van der Waals surface area contributed by atoms with Gasteiger partial charge in [0.2, 0.25) is 0 Å². The van der Waals surface area contributed by atoms with Gasteiger partial charge >= 0.3 is 0 Å². The quantitative estimate of drug-likeness (QED) is 0.0559. The first-order valence-electron chi connectivity index (χ1n) is 24.0. The second-order valence-corrected chi connectivity index (χ2v) is 18.4. The van der Waals surface area contributed by atoms with E-state index in [1.807, 2.05) is 0 Å². The van der Waals surface area contributed by atoms with E-state index in [4.69, 9.17) is 28.4 Å². The molecule has 8 heteroatoms. The first-order chi connectivity index (χ1) is 28.8. The van der Waals surface area contributed by atoms with Gasteiger partial charge in [-0.3, -0.25) is 0 Å². The Kier molecular flexibility index (Phi) is 23.1. The summed E-state index contributed by atoms with van der Waals surface area (Å²) >= 11 is 3.31. The van der Waals surface area contributed by atoms with Crippen molar-refractivity contribution in [3.05, 3.63) is 22.9 Å². The third-order valence-corrected chi connectivity index (χ3v) is 13.6. The van der Waals surface area contributed by atoms with Crippen molar-refractivity contribution in [2.45, 2.75) is 194 Å². The molecule has 0 unspecified atom stereocenters. The van der Waals surface area contributed by atoms with Crippen molar-refractivity contribution in [2.75, 3.05) is 39.6 Å². The highest BCUT2D eigenvalue weighted by Gasteiger charge is 2.27. The van der Waals surface area contributed by atoms with Crippen LogP contribution in [-0.4, -0.2) is 39.6 Å². The van der Waals surface area contributed by atoms with Crippen molar-refractivity contribution >= 4 is 22.7 Å². The molecule has 4 heterocycles. The van der Waals surface area contributed by atoms with Crippen molar-refractivity contribution in [1.29, 1.82) is 0 Å². The third-order valence-electron chi connectivity index (χ3n) is 11.7. The van der Waals surface area contributed by atoms with Gasteiger partial charge < -0.3 is 28.4 Å². The van der Waals surface area contributed by atoms with E-state index in [2.05, 4.69) is 36.7 Å². The molecule has 0 spiro atoms. The molecule has 58 heavy (non-hydrogen) atoms. The fraction of sp³-hybridized carbons (Fsp3) is 0.720. The first-order valence-corrected chi connectivity index (χ1v) is 25.7. The maximum absolute atomic E-state index is 6.72. The molecule has 6 nitrogen and oxygen atoms in total. The molecule has 0 saturated heterocycles. The zero-order valence-electron chi connectivity index (χ0n) is 36.6. The van der Waals surface area contributed by atoms with Gasteiger partial charge in [-0.15, -0.1) is 22.7 Å². The maximum atomic E-state index is 6.72. The Hall–Kier alpha value is -2.58. The lowest BCUT2D eigenvalue weighted by Crippen LogP contribution is -2.14. The Balaban J connectivity index is 1.14. The Morgan fingerprint density at radius 2 is 0.690 bits per heavy atom. The molecule has 2 aromatic heterocycles. The zero-order chi connectivity index (χ0) is 40.3. The van der Waals surface area contributed by atoms with Crippen LogP contribution in [0.4, 0.5) is 0 Å². The molecule has 326 valence electrons. The number of fused-ring (bicyclic) bond motifs is 2. The highest BCUT2D eigenvalue weighted by atomic mass is 32.1. The number of thiophene rings is 2. The Bertz CT molecular complexity index is 1400. The molecule has 5 rings (SSSR count). The molecule has 2 aliphatic rings. The second kappa shape index (κ2) is 28.8. The van der Waals surface area contributed by atoms with Gasteiger partial charge in [-0.25, -0.2) is 0 Å². The zero-order valence-corrected chi connectivity index (χ0v) is 38.3. The van der Waals surface area contributed by atoms with Crippen LogP contribution in [0.2, 0.25) is 0 Å². The van der Waals surface area contributed by atoms with E-state index in [1.165, 1.54) is 167 Å². The van der Waals surface area contributed by atoms with Crippen LogP contribution in [0.1, 0.15) is 194 Å². The van der Waals surface area contributed by atoms with E-state index in [1.54, 1.807) is 22.7 Å². The standard InChI is InChI=1S/C50H78O6S2/c1-3-5-7-9-11-13-15-17-19-21-23-25-27-29-31-51-43-37-42(50-48-46(40-58-50)54-34-36-56-48)44(38-41(43)49-47-45(39-57-49)53-33-35-55-47)52-32-30-28-26-24-22-20-18-16-14-12-10-8-6-4-2/h37-40H,3-36H2,1-2H3. The average Bonchev–Trinajstić information content (AvgIpc) is 3.89. The van der Waals surface area contributed by atoms with E-state index in [-0.39, 0.29) is 0 Å². The van der Waals surface area contributed by atoms with Crippen molar-refractivity contribution in [2.24, 2.45) is 0 Å². The minimum atomic E-state index is 0.547. The molecular weight excluding hydrogens is 761 g/mol. The van der Waals surface area contributed by atoms with Crippen LogP contribution in [0.15, 0.2) is 22.9 Å². The average molecular weight is 839 g/mol. The summed E-state index contributed by atoms with van der Waals surface area (Å²) in [5, 5.41) is 4.12. The smallest absolute Gasteiger partial charge is 0.180 e. The monoisotopic (exact) mass is 839 g/mol. The van der Waals surface area contributed by atoms with Crippen LogP contribution in [-0.2, 0) is 0 Å². The fourth-order valence-corrected chi connectivity index (χ4v) is 10.1. The van der Waals surface area contributed by atoms with Gasteiger partial charge in [0.25, 0.3) is 0 Å². The van der Waals surface area contributed by atoms with Gasteiger partial charge in [-0.05, 0) is 25.0 Å². The van der Waals surface area contributed by atoms with Crippen LogP contribution in [0.3, 0.4) is 0 Å². The molecular formula is C50H78O6S2. The van der Waals surface area contributed by atoms with Crippen molar-refractivity contribution in [1.82, 2.24) is 0 Å². The maximum Gasteiger partial charge on any atom is 0.180 e. The topological polar surface area (TPSA) is 55.4 Å². The van der Waals surface area contributed by atoms with Gasteiger partial charge in [-0.1, -0.05) is 181 Å². The molecule has 2 aliphatic heterocycles. The lowest BCUT2D eigenvalue weighted by molar-refractivity contribution is 0.174. The summed E-state index contributed by atoms with van der Waals surface area (Å²) in [6.45, 7) is 8.18. The molecule has 0 amide bonds. The summed E-state index contributed by atoms with van der Waals surface area (Å²) in [6.07, 6.45) is 37.5. The minimum absolute atomic E-state index is 0.547. The van der Waals surface area contributed by atoms with E-state index >= 15 is 0 Å². The molecule has 1 aromatic carbocycles. The largest absolute Gasteiger partial charge is 0.493 e. The fourth-order valence-electron chi connectivity index (χ4n) is 8.21. The number of unbranched alkanes of at least 4 members (excludes halogenated alkanes) is 26. The number of hydrogen-bond donors (Lipinski definition) is 0. The van der Waals surface area contributed by atoms with Gasteiger partial charge in [0.1, 0.15) is 37.9 Å². The summed E-state index contributed by atoms with van der Waals surface area (Å²) in [5.41, 5.74) is 2.01. The van der Waals surface area contributed by atoms with E-state index in [0.29, 0.717) is 39.6 Å². The number of benzene rings is 1. The van der Waals surface area contributed by atoms with Crippen LogP contribution in [0.25, 0.3) is 20.9 Å². The molecule has 0 N–H and O–H groups in total. The van der Waals surface area contributed by atoms with Crippen molar-refractivity contribution < 1.29 is 28.4 Å². The predicted octanol–water partition coefficient (Wildman–Crippen LogP) is 16.4. The Morgan fingerprint density at radius 3 is 1.02 bits per heavy atom. The summed E-state index contributed by atoms with van der Waals surface area (Å²) in [7, 11) is 0. The summed E-state index contributed by atoms with van der Waals surface area (Å²) < 4.78 is 37.8. The van der Waals surface area contributed by atoms with Crippen LogP contribution < -0.4 is 28.4 Å².